The molecule has 0 bridgehead atoms. The van der Waals surface area contributed by atoms with Crippen molar-refractivity contribution in [3.63, 3.8) is 0 Å². The lowest BCUT2D eigenvalue weighted by Crippen LogP contribution is -2.31. The maximum atomic E-state index is 12.1. The third kappa shape index (κ3) is 10.2. The van der Waals surface area contributed by atoms with Gasteiger partial charge in [0.2, 0.25) is 5.91 Å². The van der Waals surface area contributed by atoms with E-state index in [9.17, 15) is 4.79 Å². The zero-order chi connectivity index (χ0) is 17.0. The van der Waals surface area contributed by atoms with Crippen LogP contribution in [0.25, 0.3) is 0 Å². The quantitative estimate of drug-likeness (QED) is 0.502. The molecule has 1 unspecified atom stereocenters. The highest BCUT2D eigenvalue weighted by molar-refractivity contribution is 5.76. The highest BCUT2D eigenvalue weighted by Gasteiger charge is 2.14. The minimum Gasteiger partial charge on any atom is -0.343 e. The fourth-order valence-electron chi connectivity index (χ4n) is 2.92. The van der Waals surface area contributed by atoms with E-state index in [4.69, 9.17) is 0 Å². The Morgan fingerprint density at radius 2 is 1.41 bits per heavy atom. The summed E-state index contributed by atoms with van der Waals surface area (Å²) in [6.45, 7) is 18.4. The molecule has 0 aromatic rings. The first-order valence-corrected chi connectivity index (χ1v) is 9.44. The molecule has 0 spiro atoms. The number of carbonyl (C=O) groups excluding carboxylic acids is 1. The van der Waals surface area contributed by atoms with Crippen LogP contribution in [0.5, 0.6) is 0 Å². The molecule has 3 nitrogen and oxygen atoms in total. The Hall–Kier alpha value is -0.570. The van der Waals surface area contributed by atoms with Crippen molar-refractivity contribution in [2.75, 3.05) is 32.7 Å². The standard InChI is InChI=1S/C19H40N2O/c1-7-20(14-10-12-17(4)5)15-11-13-18(6)16-19(22)21(8-2)9-3/h17-18H,7-16H2,1-6H3. The number of amides is 1. The van der Waals surface area contributed by atoms with Crippen molar-refractivity contribution < 1.29 is 4.79 Å². The molecular formula is C19H40N2O. The molecule has 0 aliphatic rings. The van der Waals surface area contributed by atoms with Gasteiger partial charge in [0, 0.05) is 19.5 Å². The van der Waals surface area contributed by atoms with Gasteiger partial charge in [-0.05, 0) is 71.0 Å². The molecule has 0 fully saturated rings. The summed E-state index contributed by atoms with van der Waals surface area (Å²) in [5.74, 6) is 1.63. The Bertz CT molecular complexity index is 275. The van der Waals surface area contributed by atoms with Crippen molar-refractivity contribution in [3.05, 3.63) is 0 Å². The first-order valence-electron chi connectivity index (χ1n) is 9.44. The summed E-state index contributed by atoms with van der Waals surface area (Å²) in [4.78, 5) is 16.6. The lowest BCUT2D eigenvalue weighted by molar-refractivity contribution is -0.131. The SMILES string of the molecule is CCN(CCCC(C)C)CCCC(C)CC(=O)N(CC)CC. The maximum absolute atomic E-state index is 12.1. The molecule has 0 heterocycles. The van der Waals surface area contributed by atoms with Gasteiger partial charge in [0.25, 0.3) is 0 Å². The predicted octanol–water partition coefficient (Wildman–Crippen LogP) is 4.42. The van der Waals surface area contributed by atoms with Crippen molar-refractivity contribution in [3.8, 4) is 0 Å². The van der Waals surface area contributed by atoms with E-state index >= 15 is 0 Å². The fourth-order valence-corrected chi connectivity index (χ4v) is 2.92. The van der Waals surface area contributed by atoms with Gasteiger partial charge in [-0.25, -0.2) is 0 Å². The van der Waals surface area contributed by atoms with E-state index in [-0.39, 0.29) is 0 Å². The second-order valence-corrected chi connectivity index (χ2v) is 6.99. The number of hydrogen-bond acceptors (Lipinski definition) is 2. The molecule has 0 saturated heterocycles. The summed E-state index contributed by atoms with van der Waals surface area (Å²) < 4.78 is 0. The van der Waals surface area contributed by atoms with Gasteiger partial charge in [-0.2, -0.15) is 0 Å². The molecule has 0 saturated carbocycles. The summed E-state index contributed by atoms with van der Waals surface area (Å²) in [7, 11) is 0. The van der Waals surface area contributed by atoms with E-state index in [1.165, 1.54) is 32.4 Å². The zero-order valence-corrected chi connectivity index (χ0v) is 16.0. The van der Waals surface area contributed by atoms with Gasteiger partial charge >= 0.3 is 0 Å². The van der Waals surface area contributed by atoms with Crippen molar-refractivity contribution in [1.82, 2.24) is 9.80 Å². The molecule has 132 valence electrons. The van der Waals surface area contributed by atoms with Crippen LogP contribution in [0.3, 0.4) is 0 Å². The van der Waals surface area contributed by atoms with E-state index in [0.29, 0.717) is 18.2 Å². The van der Waals surface area contributed by atoms with Crippen molar-refractivity contribution >= 4 is 5.91 Å². The summed E-state index contributed by atoms with van der Waals surface area (Å²) in [6, 6.07) is 0. The van der Waals surface area contributed by atoms with Crippen molar-refractivity contribution in [2.45, 2.75) is 73.6 Å². The van der Waals surface area contributed by atoms with E-state index in [2.05, 4.69) is 46.4 Å². The van der Waals surface area contributed by atoms with Crippen LogP contribution in [0.2, 0.25) is 0 Å². The smallest absolute Gasteiger partial charge is 0.222 e. The Labute approximate surface area is 139 Å². The number of carbonyl (C=O) groups is 1. The van der Waals surface area contributed by atoms with Gasteiger partial charge in [0.1, 0.15) is 0 Å². The molecule has 0 aliphatic heterocycles. The van der Waals surface area contributed by atoms with Gasteiger partial charge in [0.15, 0.2) is 0 Å². The molecule has 1 amide bonds. The van der Waals surface area contributed by atoms with Crippen LogP contribution in [-0.2, 0) is 4.79 Å². The number of nitrogens with zero attached hydrogens (tertiary/aromatic N) is 2. The summed E-state index contributed by atoms with van der Waals surface area (Å²) >= 11 is 0. The minimum absolute atomic E-state index is 0.321. The van der Waals surface area contributed by atoms with Crippen LogP contribution >= 0.6 is 0 Å². The normalized spacial score (nSPS) is 12.9. The molecule has 0 aromatic carbocycles. The summed E-state index contributed by atoms with van der Waals surface area (Å²) in [6.07, 6.45) is 5.71. The third-order valence-electron chi connectivity index (χ3n) is 4.51. The molecule has 0 N–H and O–H groups in total. The van der Waals surface area contributed by atoms with Gasteiger partial charge in [0.05, 0.1) is 0 Å². The summed E-state index contributed by atoms with van der Waals surface area (Å²) in [5, 5.41) is 0. The average Bonchev–Trinajstić information content (AvgIpc) is 2.46. The monoisotopic (exact) mass is 312 g/mol. The Morgan fingerprint density at radius 3 is 1.86 bits per heavy atom. The molecule has 1 atom stereocenters. The van der Waals surface area contributed by atoms with E-state index < -0.39 is 0 Å². The second kappa shape index (κ2) is 12.9. The first kappa shape index (κ1) is 21.4. The van der Waals surface area contributed by atoms with Gasteiger partial charge in [-0.1, -0.05) is 27.7 Å². The molecule has 22 heavy (non-hydrogen) atoms. The van der Waals surface area contributed by atoms with Gasteiger partial charge in [-0.3, -0.25) is 4.79 Å². The fraction of sp³-hybridized carbons (Fsp3) is 0.947. The molecule has 0 radical (unpaired) electrons. The largest absolute Gasteiger partial charge is 0.343 e. The highest BCUT2D eigenvalue weighted by atomic mass is 16.2. The maximum Gasteiger partial charge on any atom is 0.222 e. The van der Waals surface area contributed by atoms with Crippen LogP contribution in [0.15, 0.2) is 0 Å². The minimum atomic E-state index is 0.321. The number of hydrogen-bond donors (Lipinski definition) is 0. The van der Waals surface area contributed by atoms with Gasteiger partial charge < -0.3 is 9.80 Å². The Balaban J connectivity index is 3.88. The third-order valence-corrected chi connectivity index (χ3v) is 4.51. The Kier molecular flexibility index (Phi) is 12.6. The lowest BCUT2D eigenvalue weighted by atomic mass is 10.0. The topological polar surface area (TPSA) is 23.6 Å². The van der Waals surface area contributed by atoms with E-state index in [1.54, 1.807) is 0 Å². The van der Waals surface area contributed by atoms with Crippen LogP contribution in [0.1, 0.15) is 73.6 Å². The molecule has 0 aliphatic carbocycles. The molecule has 0 aromatic heterocycles. The number of rotatable bonds is 13. The first-order chi connectivity index (χ1) is 10.4. The molecule has 0 rings (SSSR count). The van der Waals surface area contributed by atoms with Crippen molar-refractivity contribution in [2.24, 2.45) is 11.8 Å². The van der Waals surface area contributed by atoms with E-state index in [0.717, 1.165) is 32.0 Å². The van der Waals surface area contributed by atoms with Crippen LogP contribution in [0, 0.1) is 11.8 Å². The van der Waals surface area contributed by atoms with Crippen LogP contribution in [0.4, 0.5) is 0 Å². The highest BCUT2D eigenvalue weighted by Crippen LogP contribution is 2.13. The van der Waals surface area contributed by atoms with Crippen LogP contribution < -0.4 is 0 Å². The lowest BCUT2D eigenvalue weighted by Gasteiger charge is -2.23. The molecular weight excluding hydrogens is 272 g/mol. The second-order valence-electron chi connectivity index (χ2n) is 6.99. The Morgan fingerprint density at radius 1 is 0.864 bits per heavy atom. The van der Waals surface area contributed by atoms with E-state index in [1.807, 2.05) is 4.90 Å². The average molecular weight is 313 g/mol. The summed E-state index contributed by atoms with van der Waals surface area (Å²) in [5.41, 5.74) is 0. The van der Waals surface area contributed by atoms with Crippen molar-refractivity contribution in [1.29, 1.82) is 0 Å². The predicted molar refractivity (Wildman–Crippen MR) is 97.1 cm³/mol. The zero-order valence-electron chi connectivity index (χ0n) is 16.0. The molecule has 3 heteroatoms. The van der Waals surface area contributed by atoms with Crippen LogP contribution in [-0.4, -0.2) is 48.4 Å². The van der Waals surface area contributed by atoms with Gasteiger partial charge in [-0.15, -0.1) is 0 Å².